The highest BCUT2D eigenvalue weighted by atomic mass is 19.1. The summed E-state index contributed by atoms with van der Waals surface area (Å²) in [6.45, 7) is 1.33. The SMILES string of the molecule is COc1ccc(-n2ccnc(C(=O)Nc3ccc(Oc4ccnc(NC(C)=O)c4)c(F)c3)c2=O)cc1. The predicted molar refractivity (Wildman–Crippen MR) is 129 cm³/mol. The first kappa shape index (κ1) is 24.1. The quantitative estimate of drug-likeness (QED) is 0.405. The second-order valence-corrected chi connectivity index (χ2v) is 7.41. The Bertz CT molecular complexity index is 1490. The molecular weight excluding hydrogens is 469 g/mol. The Morgan fingerprint density at radius 1 is 0.944 bits per heavy atom. The lowest BCUT2D eigenvalue weighted by molar-refractivity contribution is -0.114. The molecule has 2 N–H and O–H groups in total. The summed E-state index contributed by atoms with van der Waals surface area (Å²) in [6, 6.07) is 13.4. The minimum absolute atomic E-state index is 0.0968. The van der Waals surface area contributed by atoms with E-state index >= 15 is 0 Å². The number of nitrogens with zero attached hydrogens (tertiary/aromatic N) is 3. The van der Waals surface area contributed by atoms with E-state index in [1.807, 2.05) is 0 Å². The minimum Gasteiger partial charge on any atom is -0.497 e. The first-order chi connectivity index (χ1) is 17.3. The highest BCUT2D eigenvalue weighted by molar-refractivity contribution is 6.02. The van der Waals surface area contributed by atoms with Crippen LogP contribution >= 0.6 is 0 Å². The topological polar surface area (TPSA) is 124 Å². The van der Waals surface area contributed by atoms with Crippen LogP contribution in [0.25, 0.3) is 5.69 Å². The van der Waals surface area contributed by atoms with Gasteiger partial charge in [0.2, 0.25) is 5.91 Å². The highest BCUT2D eigenvalue weighted by Gasteiger charge is 2.16. The highest BCUT2D eigenvalue weighted by Crippen LogP contribution is 2.27. The molecule has 0 radical (unpaired) electrons. The zero-order valence-electron chi connectivity index (χ0n) is 19.2. The molecular formula is C25H20FN5O5. The van der Waals surface area contributed by atoms with E-state index < -0.39 is 17.3 Å². The van der Waals surface area contributed by atoms with Gasteiger partial charge >= 0.3 is 0 Å². The average Bonchev–Trinajstić information content (AvgIpc) is 2.86. The zero-order chi connectivity index (χ0) is 25.7. The summed E-state index contributed by atoms with van der Waals surface area (Å²) in [4.78, 5) is 44.6. The number of nitrogens with one attached hydrogen (secondary N) is 2. The van der Waals surface area contributed by atoms with Crippen LogP contribution in [0.15, 0.2) is 78.0 Å². The van der Waals surface area contributed by atoms with Crippen LogP contribution in [0.2, 0.25) is 0 Å². The molecule has 2 amide bonds. The molecule has 0 saturated heterocycles. The van der Waals surface area contributed by atoms with Gasteiger partial charge in [0.05, 0.1) is 7.11 Å². The maximum Gasteiger partial charge on any atom is 0.286 e. The van der Waals surface area contributed by atoms with E-state index in [9.17, 15) is 18.8 Å². The van der Waals surface area contributed by atoms with Crippen molar-refractivity contribution in [1.82, 2.24) is 14.5 Å². The van der Waals surface area contributed by atoms with Crippen molar-refractivity contribution in [2.24, 2.45) is 0 Å². The lowest BCUT2D eigenvalue weighted by atomic mass is 10.2. The van der Waals surface area contributed by atoms with Gasteiger partial charge in [-0.3, -0.25) is 19.0 Å². The maximum absolute atomic E-state index is 14.7. The molecule has 0 bridgehead atoms. The van der Waals surface area contributed by atoms with Crippen molar-refractivity contribution in [2.45, 2.75) is 6.92 Å². The number of carbonyl (C=O) groups excluding carboxylic acids is 2. The zero-order valence-corrected chi connectivity index (χ0v) is 19.2. The van der Waals surface area contributed by atoms with Gasteiger partial charge < -0.3 is 20.1 Å². The molecule has 0 spiro atoms. The number of methoxy groups -OCH3 is 1. The van der Waals surface area contributed by atoms with Crippen LogP contribution in [0, 0.1) is 5.82 Å². The Kier molecular flexibility index (Phi) is 7.00. The fraction of sp³-hybridized carbons (Fsp3) is 0.0800. The molecule has 2 heterocycles. The molecule has 182 valence electrons. The number of carbonyl (C=O) groups is 2. The van der Waals surface area contributed by atoms with E-state index in [0.29, 0.717) is 11.4 Å². The van der Waals surface area contributed by atoms with E-state index in [2.05, 4.69) is 20.6 Å². The summed E-state index contributed by atoms with van der Waals surface area (Å²) in [7, 11) is 1.53. The Morgan fingerprint density at radius 2 is 1.72 bits per heavy atom. The first-order valence-corrected chi connectivity index (χ1v) is 10.6. The van der Waals surface area contributed by atoms with E-state index in [-0.39, 0.29) is 34.6 Å². The average molecular weight is 489 g/mol. The molecule has 36 heavy (non-hydrogen) atoms. The fourth-order valence-corrected chi connectivity index (χ4v) is 3.22. The summed E-state index contributed by atoms with van der Waals surface area (Å²) in [6.07, 6.45) is 4.16. The third-order valence-electron chi connectivity index (χ3n) is 4.86. The number of pyridine rings is 1. The van der Waals surface area contributed by atoms with Gasteiger partial charge in [-0.05, 0) is 42.5 Å². The Morgan fingerprint density at radius 3 is 2.42 bits per heavy atom. The van der Waals surface area contributed by atoms with Crippen LogP contribution in [-0.2, 0) is 4.79 Å². The first-order valence-electron chi connectivity index (χ1n) is 10.6. The van der Waals surface area contributed by atoms with Gasteiger partial charge in [0, 0.05) is 49.0 Å². The standard InChI is InChI=1S/C25H20FN5O5/c1-15(32)29-22-14-19(9-10-27-22)36-21-8-3-16(13-20(21)26)30-24(33)23-25(34)31(12-11-28-23)17-4-6-18(35-2)7-5-17/h3-14H,1-2H3,(H,30,33)(H,27,29,32). The number of hydrogen-bond donors (Lipinski definition) is 2. The molecule has 0 aliphatic rings. The summed E-state index contributed by atoms with van der Waals surface area (Å²) in [5.74, 6) is -0.878. The van der Waals surface area contributed by atoms with Crippen molar-refractivity contribution in [1.29, 1.82) is 0 Å². The Labute approximate surface area is 204 Å². The van der Waals surface area contributed by atoms with Crippen LogP contribution in [0.3, 0.4) is 0 Å². The van der Waals surface area contributed by atoms with Gasteiger partial charge in [-0.2, -0.15) is 0 Å². The fourth-order valence-electron chi connectivity index (χ4n) is 3.22. The molecule has 11 heteroatoms. The van der Waals surface area contributed by atoms with Crippen LogP contribution < -0.4 is 25.7 Å². The molecule has 0 unspecified atom stereocenters. The van der Waals surface area contributed by atoms with E-state index in [1.165, 1.54) is 61.5 Å². The second kappa shape index (κ2) is 10.5. The third kappa shape index (κ3) is 5.53. The van der Waals surface area contributed by atoms with Crippen molar-refractivity contribution in [3.8, 4) is 22.9 Å². The van der Waals surface area contributed by atoms with Crippen LogP contribution in [0.4, 0.5) is 15.9 Å². The molecule has 0 atom stereocenters. The Balaban J connectivity index is 1.50. The largest absolute Gasteiger partial charge is 0.497 e. The van der Waals surface area contributed by atoms with Gasteiger partial charge in [0.15, 0.2) is 17.3 Å². The van der Waals surface area contributed by atoms with Crippen molar-refractivity contribution >= 4 is 23.3 Å². The monoisotopic (exact) mass is 489 g/mol. The molecule has 10 nitrogen and oxygen atoms in total. The number of halogens is 1. The molecule has 4 rings (SSSR count). The van der Waals surface area contributed by atoms with Gasteiger partial charge in [-0.25, -0.2) is 14.4 Å². The van der Waals surface area contributed by atoms with Crippen molar-refractivity contribution in [3.63, 3.8) is 0 Å². The summed E-state index contributed by atoms with van der Waals surface area (Å²) in [5, 5.41) is 4.98. The normalized spacial score (nSPS) is 10.4. The molecule has 0 aliphatic carbocycles. The van der Waals surface area contributed by atoms with Gasteiger partial charge in [-0.1, -0.05) is 0 Å². The lowest BCUT2D eigenvalue weighted by Gasteiger charge is -2.11. The Hall–Kier alpha value is -5.06. The molecule has 0 fully saturated rings. The second-order valence-electron chi connectivity index (χ2n) is 7.41. The molecule has 4 aromatic rings. The summed E-state index contributed by atoms with van der Waals surface area (Å²) >= 11 is 0. The number of anilines is 2. The number of rotatable bonds is 7. The molecule has 2 aromatic heterocycles. The molecule has 0 aliphatic heterocycles. The molecule has 0 saturated carbocycles. The minimum atomic E-state index is -0.801. The number of benzene rings is 2. The van der Waals surface area contributed by atoms with E-state index in [4.69, 9.17) is 9.47 Å². The van der Waals surface area contributed by atoms with Gasteiger partial charge in [-0.15, -0.1) is 0 Å². The number of amides is 2. The molecule has 2 aromatic carbocycles. The summed E-state index contributed by atoms with van der Waals surface area (Å²) in [5.41, 5.74) is -0.397. The number of aromatic nitrogens is 3. The third-order valence-corrected chi connectivity index (χ3v) is 4.86. The van der Waals surface area contributed by atoms with Crippen molar-refractivity contribution in [2.75, 3.05) is 17.7 Å². The maximum atomic E-state index is 14.7. The van der Waals surface area contributed by atoms with Crippen LogP contribution in [0.1, 0.15) is 17.4 Å². The lowest BCUT2D eigenvalue weighted by Crippen LogP contribution is -2.29. The van der Waals surface area contributed by atoms with Gasteiger partial charge in [0.25, 0.3) is 11.5 Å². The van der Waals surface area contributed by atoms with Crippen molar-refractivity contribution in [3.05, 3.63) is 95.1 Å². The van der Waals surface area contributed by atoms with Crippen molar-refractivity contribution < 1.29 is 23.5 Å². The number of hydrogen-bond acceptors (Lipinski definition) is 7. The van der Waals surface area contributed by atoms with E-state index in [0.717, 1.165) is 6.07 Å². The van der Waals surface area contributed by atoms with E-state index in [1.54, 1.807) is 24.3 Å². The van der Waals surface area contributed by atoms with Crippen LogP contribution in [0.5, 0.6) is 17.2 Å². The summed E-state index contributed by atoms with van der Waals surface area (Å²) < 4.78 is 26.6. The van der Waals surface area contributed by atoms with Gasteiger partial charge in [0.1, 0.15) is 17.3 Å². The predicted octanol–water partition coefficient (Wildman–Crippen LogP) is 3.78. The smallest absolute Gasteiger partial charge is 0.286 e. The van der Waals surface area contributed by atoms with Crippen LogP contribution in [-0.4, -0.2) is 33.5 Å². The number of ether oxygens (including phenoxy) is 2.